The number of carbonyl (C=O) groups is 1. The molecule has 1 saturated heterocycles. The first-order valence-corrected chi connectivity index (χ1v) is 8.97. The summed E-state index contributed by atoms with van der Waals surface area (Å²) in [5, 5.41) is 6.25. The molecule has 0 spiro atoms. The third-order valence-electron chi connectivity index (χ3n) is 4.55. The van der Waals surface area contributed by atoms with Gasteiger partial charge in [-0.3, -0.25) is 14.7 Å². The van der Waals surface area contributed by atoms with E-state index < -0.39 is 0 Å². The predicted octanol–water partition coefficient (Wildman–Crippen LogP) is 2.35. The Hall–Kier alpha value is -2.90. The number of anilines is 1. The lowest BCUT2D eigenvalue weighted by Gasteiger charge is -2.23. The number of methoxy groups -OCH3 is 1. The highest BCUT2D eigenvalue weighted by molar-refractivity contribution is 5.92. The molecule has 2 N–H and O–H groups in total. The molecule has 1 unspecified atom stereocenters. The van der Waals surface area contributed by atoms with Crippen molar-refractivity contribution in [1.82, 2.24) is 14.9 Å². The first-order chi connectivity index (χ1) is 13.2. The second-order valence-corrected chi connectivity index (χ2v) is 6.44. The average Bonchev–Trinajstić information content (AvgIpc) is 3.06. The summed E-state index contributed by atoms with van der Waals surface area (Å²) < 4.78 is 12.7. The molecule has 27 heavy (non-hydrogen) atoms. The van der Waals surface area contributed by atoms with Crippen LogP contribution in [-0.2, 0) is 9.53 Å². The Morgan fingerprint density at radius 1 is 1.33 bits per heavy atom. The van der Waals surface area contributed by atoms with Crippen LogP contribution in [0.25, 0.3) is 16.7 Å². The van der Waals surface area contributed by atoms with Gasteiger partial charge in [-0.25, -0.2) is 4.98 Å². The molecule has 7 nitrogen and oxygen atoms in total. The van der Waals surface area contributed by atoms with Crippen LogP contribution >= 0.6 is 0 Å². The first-order valence-electron chi connectivity index (χ1n) is 8.97. The van der Waals surface area contributed by atoms with E-state index in [2.05, 4.69) is 15.6 Å². The van der Waals surface area contributed by atoms with Crippen LogP contribution in [0.4, 0.5) is 5.95 Å². The van der Waals surface area contributed by atoms with Crippen LogP contribution in [0.5, 0.6) is 5.75 Å². The number of hydrogen-bond donors (Lipinski definition) is 2. The van der Waals surface area contributed by atoms with Crippen LogP contribution in [0.2, 0.25) is 0 Å². The molecule has 3 aromatic rings. The molecule has 1 atom stereocenters. The van der Waals surface area contributed by atoms with E-state index in [1.807, 2.05) is 53.1 Å². The van der Waals surface area contributed by atoms with E-state index in [-0.39, 0.29) is 11.9 Å². The number of nitrogens with one attached hydrogen (secondary N) is 2. The molecule has 2 heterocycles. The minimum absolute atomic E-state index is 0.0217. The number of aromatic nitrogens is 2. The zero-order valence-corrected chi connectivity index (χ0v) is 15.1. The second-order valence-electron chi connectivity index (χ2n) is 6.44. The number of benzene rings is 2. The molecule has 1 aliphatic rings. The number of fused-ring (bicyclic) bond motifs is 1. The van der Waals surface area contributed by atoms with Gasteiger partial charge >= 0.3 is 0 Å². The van der Waals surface area contributed by atoms with Crippen LogP contribution in [0.15, 0.2) is 48.5 Å². The van der Waals surface area contributed by atoms with Crippen molar-refractivity contribution in [2.45, 2.75) is 12.5 Å². The van der Waals surface area contributed by atoms with Gasteiger partial charge in [0.1, 0.15) is 5.75 Å². The number of para-hydroxylation sites is 2. The van der Waals surface area contributed by atoms with E-state index in [0.717, 1.165) is 29.0 Å². The highest BCUT2D eigenvalue weighted by atomic mass is 16.5. The number of carbonyl (C=O) groups excluding carboxylic acids is 1. The number of ether oxygens (including phenoxy) is 2. The number of rotatable bonds is 5. The molecular formula is C20H22N4O3. The van der Waals surface area contributed by atoms with E-state index in [1.54, 1.807) is 7.11 Å². The summed E-state index contributed by atoms with van der Waals surface area (Å²) in [6.07, 6.45) is 0.335. The highest BCUT2D eigenvalue weighted by Crippen LogP contribution is 2.27. The maximum Gasteiger partial charge on any atom is 0.228 e. The van der Waals surface area contributed by atoms with Gasteiger partial charge in [0.05, 0.1) is 37.0 Å². The Morgan fingerprint density at radius 2 is 2.22 bits per heavy atom. The van der Waals surface area contributed by atoms with E-state index in [1.165, 1.54) is 0 Å². The molecule has 1 aromatic heterocycles. The minimum atomic E-state index is -0.0996. The second kappa shape index (κ2) is 7.77. The van der Waals surface area contributed by atoms with Gasteiger partial charge in [-0.1, -0.05) is 18.2 Å². The van der Waals surface area contributed by atoms with Crippen molar-refractivity contribution in [3.05, 3.63) is 48.5 Å². The lowest BCUT2D eigenvalue weighted by atomic mass is 10.2. The summed E-state index contributed by atoms with van der Waals surface area (Å²) in [5.41, 5.74) is 2.60. The van der Waals surface area contributed by atoms with E-state index in [0.29, 0.717) is 25.6 Å². The zero-order valence-electron chi connectivity index (χ0n) is 15.1. The largest absolute Gasteiger partial charge is 0.497 e. The number of morpholine rings is 1. The van der Waals surface area contributed by atoms with Gasteiger partial charge in [0.2, 0.25) is 11.9 Å². The van der Waals surface area contributed by atoms with E-state index >= 15 is 0 Å². The van der Waals surface area contributed by atoms with Gasteiger partial charge < -0.3 is 14.8 Å². The first kappa shape index (κ1) is 17.5. The molecule has 1 aliphatic heterocycles. The molecule has 0 aliphatic carbocycles. The molecule has 7 heteroatoms. The third-order valence-corrected chi connectivity index (χ3v) is 4.55. The standard InChI is InChI=1S/C20H22N4O3/c1-26-16-6-4-5-15(12-16)24-18-8-3-2-7-17(18)22-20(24)23-19(25)11-14-13-27-10-9-21-14/h2-8,12,14,21H,9-11,13H2,1H3,(H,22,23,25). The van der Waals surface area contributed by atoms with Crippen molar-refractivity contribution < 1.29 is 14.3 Å². The average molecular weight is 366 g/mol. The van der Waals surface area contributed by atoms with Crippen LogP contribution in [0, 0.1) is 0 Å². The summed E-state index contributed by atoms with van der Waals surface area (Å²) >= 11 is 0. The summed E-state index contributed by atoms with van der Waals surface area (Å²) in [5.74, 6) is 1.13. The molecule has 1 fully saturated rings. The highest BCUT2D eigenvalue weighted by Gasteiger charge is 2.20. The normalized spacial score (nSPS) is 17.0. The van der Waals surface area contributed by atoms with Crippen LogP contribution in [0.3, 0.4) is 0 Å². The van der Waals surface area contributed by atoms with Crippen molar-refractivity contribution in [2.24, 2.45) is 0 Å². The Labute approximate surface area is 157 Å². The predicted molar refractivity (Wildman–Crippen MR) is 103 cm³/mol. The van der Waals surface area contributed by atoms with Gasteiger partial charge in [-0.05, 0) is 24.3 Å². The van der Waals surface area contributed by atoms with Crippen LogP contribution in [0.1, 0.15) is 6.42 Å². The zero-order chi connectivity index (χ0) is 18.6. The van der Waals surface area contributed by atoms with Gasteiger partial charge in [0.25, 0.3) is 0 Å². The maximum absolute atomic E-state index is 12.6. The molecule has 0 radical (unpaired) electrons. The third kappa shape index (κ3) is 3.79. The maximum atomic E-state index is 12.6. The Balaban J connectivity index is 1.66. The molecular weight excluding hydrogens is 344 g/mol. The molecule has 1 amide bonds. The van der Waals surface area contributed by atoms with Crippen molar-refractivity contribution in [2.75, 3.05) is 32.2 Å². The van der Waals surface area contributed by atoms with E-state index in [9.17, 15) is 4.79 Å². The van der Waals surface area contributed by atoms with Crippen molar-refractivity contribution in [3.63, 3.8) is 0 Å². The number of amides is 1. The Kier molecular flexibility index (Phi) is 5.04. The van der Waals surface area contributed by atoms with Gasteiger partial charge in [0, 0.05) is 25.1 Å². The fourth-order valence-corrected chi connectivity index (χ4v) is 3.27. The summed E-state index contributed by atoms with van der Waals surface area (Å²) in [6, 6.07) is 15.5. The summed E-state index contributed by atoms with van der Waals surface area (Å²) in [7, 11) is 1.63. The lowest BCUT2D eigenvalue weighted by molar-refractivity contribution is -0.117. The van der Waals surface area contributed by atoms with Crippen molar-refractivity contribution in [1.29, 1.82) is 0 Å². The molecule has 4 rings (SSSR count). The van der Waals surface area contributed by atoms with Crippen LogP contribution in [-0.4, -0.2) is 48.4 Å². The molecule has 140 valence electrons. The van der Waals surface area contributed by atoms with Crippen molar-refractivity contribution >= 4 is 22.9 Å². The quantitative estimate of drug-likeness (QED) is 0.725. The topological polar surface area (TPSA) is 77.4 Å². The fourth-order valence-electron chi connectivity index (χ4n) is 3.27. The summed E-state index contributed by atoms with van der Waals surface area (Å²) in [4.78, 5) is 17.2. The molecule has 2 aromatic carbocycles. The van der Waals surface area contributed by atoms with Gasteiger partial charge in [-0.15, -0.1) is 0 Å². The smallest absolute Gasteiger partial charge is 0.228 e. The Bertz CT molecular complexity index is 947. The number of nitrogens with zero attached hydrogens (tertiary/aromatic N) is 2. The van der Waals surface area contributed by atoms with E-state index in [4.69, 9.17) is 9.47 Å². The monoisotopic (exact) mass is 366 g/mol. The fraction of sp³-hybridized carbons (Fsp3) is 0.300. The summed E-state index contributed by atoms with van der Waals surface area (Å²) in [6.45, 7) is 1.99. The Morgan fingerprint density at radius 3 is 3.04 bits per heavy atom. The number of imidazole rings is 1. The van der Waals surface area contributed by atoms with Crippen molar-refractivity contribution in [3.8, 4) is 11.4 Å². The van der Waals surface area contributed by atoms with Crippen LogP contribution < -0.4 is 15.4 Å². The SMILES string of the molecule is COc1cccc(-n2c(NC(=O)CC3COCCN3)nc3ccccc32)c1. The lowest BCUT2D eigenvalue weighted by Crippen LogP contribution is -2.43. The van der Waals surface area contributed by atoms with Gasteiger partial charge in [-0.2, -0.15) is 0 Å². The molecule has 0 bridgehead atoms. The molecule has 0 saturated carbocycles. The van der Waals surface area contributed by atoms with Gasteiger partial charge in [0.15, 0.2) is 0 Å². The number of hydrogen-bond acceptors (Lipinski definition) is 5. The minimum Gasteiger partial charge on any atom is -0.497 e.